The number of benzene rings is 1. The molecule has 2 N–H and O–H groups in total. The number of carbonyl (C=O) groups excluding carboxylic acids is 2. The van der Waals surface area contributed by atoms with Crippen molar-refractivity contribution in [3.05, 3.63) is 68.8 Å². The molecule has 0 radical (unpaired) electrons. The third-order valence-corrected chi connectivity index (χ3v) is 4.57. The third-order valence-electron chi connectivity index (χ3n) is 4.57. The van der Waals surface area contributed by atoms with Gasteiger partial charge in [-0.2, -0.15) is 10.2 Å². The highest BCUT2D eigenvalue weighted by molar-refractivity contribution is 6.08. The van der Waals surface area contributed by atoms with Gasteiger partial charge in [0, 0.05) is 25.9 Å². The first-order valence-corrected chi connectivity index (χ1v) is 9.05. The van der Waals surface area contributed by atoms with Gasteiger partial charge in [0.15, 0.2) is 5.69 Å². The number of hydrogen-bond donors (Lipinski definition) is 2. The highest BCUT2D eigenvalue weighted by Gasteiger charge is 2.22. The van der Waals surface area contributed by atoms with Crippen LogP contribution in [0, 0.1) is 24.0 Å². The Morgan fingerprint density at radius 1 is 1.20 bits per heavy atom. The minimum Gasteiger partial charge on any atom is -0.354 e. The average Bonchev–Trinajstić information content (AvgIpc) is 3.19. The Morgan fingerprint density at radius 2 is 1.93 bits per heavy atom. The zero-order chi connectivity index (χ0) is 22.0. The van der Waals surface area contributed by atoms with E-state index in [0.717, 1.165) is 5.56 Å². The Labute approximate surface area is 171 Å². The molecule has 3 rings (SSSR count). The molecule has 11 heteroatoms. The van der Waals surface area contributed by atoms with E-state index >= 15 is 0 Å². The van der Waals surface area contributed by atoms with Crippen LogP contribution >= 0.6 is 0 Å². The maximum atomic E-state index is 12.7. The standard InChI is InChI=1S/C19H21N7O4/c1-11-17(26(29)30)12(2)25(22-11)9-13-6-5-7-14(8-13)18(27)21-15-10-24(4)23-16(15)19(28)20-3/h5-8,10H,9H2,1-4H3,(H,20,28)(H,21,27). The van der Waals surface area contributed by atoms with Crippen LogP contribution in [-0.4, -0.2) is 43.3 Å². The number of rotatable bonds is 6. The molecule has 156 valence electrons. The van der Waals surface area contributed by atoms with Crippen LogP contribution in [0.4, 0.5) is 11.4 Å². The summed E-state index contributed by atoms with van der Waals surface area (Å²) in [4.78, 5) is 35.4. The number of nitro groups is 1. The van der Waals surface area contributed by atoms with Crippen molar-refractivity contribution in [3.8, 4) is 0 Å². The van der Waals surface area contributed by atoms with E-state index in [1.165, 1.54) is 16.4 Å². The van der Waals surface area contributed by atoms with Gasteiger partial charge in [-0.3, -0.25) is 29.1 Å². The SMILES string of the molecule is CNC(=O)c1nn(C)cc1NC(=O)c1cccc(Cn2nc(C)c([N+](=O)[O-])c2C)c1. The van der Waals surface area contributed by atoms with E-state index in [9.17, 15) is 19.7 Å². The molecule has 30 heavy (non-hydrogen) atoms. The summed E-state index contributed by atoms with van der Waals surface area (Å²) in [6.45, 7) is 3.50. The summed E-state index contributed by atoms with van der Waals surface area (Å²) in [6.07, 6.45) is 1.54. The van der Waals surface area contributed by atoms with Gasteiger partial charge in [0.05, 0.1) is 17.2 Å². The van der Waals surface area contributed by atoms with Gasteiger partial charge in [0.25, 0.3) is 11.8 Å². The molecule has 2 aromatic heterocycles. The van der Waals surface area contributed by atoms with Crippen LogP contribution in [-0.2, 0) is 13.6 Å². The van der Waals surface area contributed by atoms with Gasteiger partial charge in [0.2, 0.25) is 0 Å². The van der Waals surface area contributed by atoms with E-state index in [1.807, 2.05) is 0 Å². The number of hydrogen-bond acceptors (Lipinski definition) is 6. The number of aromatic nitrogens is 4. The molecule has 0 fully saturated rings. The van der Waals surface area contributed by atoms with Crippen molar-refractivity contribution in [2.75, 3.05) is 12.4 Å². The molecule has 0 spiro atoms. The molecular weight excluding hydrogens is 390 g/mol. The van der Waals surface area contributed by atoms with Crippen LogP contribution in [0.25, 0.3) is 0 Å². The minimum absolute atomic E-state index is 0.0118. The van der Waals surface area contributed by atoms with Gasteiger partial charge in [-0.1, -0.05) is 12.1 Å². The molecule has 0 aliphatic heterocycles. The van der Waals surface area contributed by atoms with Crippen molar-refractivity contribution in [2.45, 2.75) is 20.4 Å². The second-order valence-corrected chi connectivity index (χ2v) is 6.73. The lowest BCUT2D eigenvalue weighted by Gasteiger charge is -2.08. The molecule has 11 nitrogen and oxygen atoms in total. The Bertz CT molecular complexity index is 1150. The van der Waals surface area contributed by atoms with Crippen molar-refractivity contribution in [1.29, 1.82) is 0 Å². The van der Waals surface area contributed by atoms with Crippen LogP contribution in [0.1, 0.15) is 37.8 Å². The van der Waals surface area contributed by atoms with E-state index in [-0.39, 0.29) is 17.9 Å². The molecule has 0 atom stereocenters. The van der Waals surface area contributed by atoms with Crippen LogP contribution in [0.15, 0.2) is 30.5 Å². The van der Waals surface area contributed by atoms with Crippen molar-refractivity contribution >= 4 is 23.2 Å². The fourth-order valence-corrected chi connectivity index (χ4v) is 3.15. The van der Waals surface area contributed by atoms with Gasteiger partial charge < -0.3 is 10.6 Å². The first kappa shape index (κ1) is 20.7. The van der Waals surface area contributed by atoms with Crippen LogP contribution in [0.3, 0.4) is 0 Å². The normalized spacial score (nSPS) is 10.7. The summed E-state index contributed by atoms with van der Waals surface area (Å²) in [5, 5.41) is 24.7. The predicted octanol–water partition coefficient (Wildman–Crippen LogP) is 1.80. The molecule has 1 aromatic carbocycles. The zero-order valence-corrected chi connectivity index (χ0v) is 17.0. The lowest BCUT2D eigenvalue weighted by molar-refractivity contribution is -0.386. The fraction of sp³-hybridized carbons (Fsp3) is 0.263. The molecule has 0 bridgehead atoms. The summed E-state index contributed by atoms with van der Waals surface area (Å²) >= 11 is 0. The van der Waals surface area contributed by atoms with Gasteiger partial charge in [-0.05, 0) is 31.5 Å². The fourth-order valence-electron chi connectivity index (χ4n) is 3.15. The minimum atomic E-state index is -0.448. The summed E-state index contributed by atoms with van der Waals surface area (Å²) in [5.74, 6) is -0.819. The second-order valence-electron chi connectivity index (χ2n) is 6.73. The van der Waals surface area contributed by atoms with Crippen LogP contribution in [0.5, 0.6) is 0 Å². The Morgan fingerprint density at radius 3 is 2.57 bits per heavy atom. The topological polar surface area (TPSA) is 137 Å². The lowest BCUT2D eigenvalue weighted by atomic mass is 10.1. The number of aryl methyl sites for hydroxylation is 2. The van der Waals surface area contributed by atoms with E-state index in [0.29, 0.717) is 22.6 Å². The van der Waals surface area contributed by atoms with Gasteiger partial charge >= 0.3 is 5.69 Å². The predicted molar refractivity (Wildman–Crippen MR) is 108 cm³/mol. The maximum absolute atomic E-state index is 12.7. The monoisotopic (exact) mass is 411 g/mol. The Hall–Kier alpha value is -4.02. The molecule has 0 aliphatic carbocycles. The summed E-state index contributed by atoms with van der Waals surface area (Å²) in [5.41, 5.74) is 2.29. The summed E-state index contributed by atoms with van der Waals surface area (Å²) in [7, 11) is 3.13. The second kappa shape index (κ2) is 8.15. The van der Waals surface area contributed by atoms with Gasteiger partial charge in [-0.25, -0.2) is 0 Å². The van der Waals surface area contributed by atoms with E-state index < -0.39 is 16.7 Å². The van der Waals surface area contributed by atoms with Crippen LogP contribution < -0.4 is 10.6 Å². The van der Waals surface area contributed by atoms with Crippen LogP contribution in [0.2, 0.25) is 0 Å². The van der Waals surface area contributed by atoms with Crippen molar-refractivity contribution in [2.24, 2.45) is 7.05 Å². The maximum Gasteiger partial charge on any atom is 0.312 e. The molecule has 0 saturated carbocycles. The Balaban J connectivity index is 1.83. The molecular formula is C19H21N7O4. The van der Waals surface area contributed by atoms with E-state index in [2.05, 4.69) is 20.8 Å². The highest BCUT2D eigenvalue weighted by Crippen LogP contribution is 2.23. The Kier molecular flexibility index (Phi) is 5.63. The quantitative estimate of drug-likeness (QED) is 0.469. The zero-order valence-electron chi connectivity index (χ0n) is 17.0. The molecule has 3 aromatic rings. The number of nitrogens with one attached hydrogen (secondary N) is 2. The largest absolute Gasteiger partial charge is 0.354 e. The number of carbonyl (C=O) groups is 2. The van der Waals surface area contributed by atoms with E-state index in [4.69, 9.17) is 0 Å². The summed E-state index contributed by atoms with van der Waals surface area (Å²) in [6, 6.07) is 6.83. The van der Waals surface area contributed by atoms with Gasteiger partial charge in [0.1, 0.15) is 11.4 Å². The van der Waals surface area contributed by atoms with Crippen molar-refractivity contribution < 1.29 is 14.5 Å². The number of amides is 2. The molecule has 0 unspecified atom stereocenters. The average molecular weight is 411 g/mol. The molecule has 0 saturated heterocycles. The first-order valence-electron chi connectivity index (χ1n) is 9.05. The molecule has 2 amide bonds. The molecule has 0 aliphatic rings. The smallest absolute Gasteiger partial charge is 0.312 e. The lowest BCUT2D eigenvalue weighted by Crippen LogP contribution is -2.21. The number of nitrogens with zero attached hydrogens (tertiary/aromatic N) is 5. The first-order chi connectivity index (χ1) is 14.2. The van der Waals surface area contributed by atoms with Crippen molar-refractivity contribution in [3.63, 3.8) is 0 Å². The molecule has 2 heterocycles. The number of anilines is 1. The summed E-state index contributed by atoms with van der Waals surface area (Å²) < 4.78 is 2.97. The highest BCUT2D eigenvalue weighted by atomic mass is 16.6. The van der Waals surface area contributed by atoms with Gasteiger partial charge in [-0.15, -0.1) is 0 Å². The van der Waals surface area contributed by atoms with E-state index in [1.54, 1.807) is 51.4 Å². The third kappa shape index (κ3) is 4.04. The van der Waals surface area contributed by atoms with Crippen molar-refractivity contribution in [1.82, 2.24) is 24.9 Å².